The summed E-state index contributed by atoms with van der Waals surface area (Å²) in [4.78, 5) is 0.346. The van der Waals surface area contributed by atoms with Crippen molar-refractivity contribution >= 4 is 21.6 Å². The Kier molecular flexibility index (Phi) is 3.99. The minimum Gasteiger partial charge on any atom is -0.207 e. The Hall–Kier alpha value is -0.580. The monoisotopic (exact) mass is 287 g/mol. The Bertz CT molecular complexity index is 534. The van der Waals surface area contributed by atoms with E-state index in [9.17, 15) is 8.42 Å². The van der Waals surface area contributed by atoms with Crippen molar-refractivity contribution in [3.8, 4) is 0 Å². The van der Waals surface area contributed by atoms with Crippen molar-refractivity contribution in [1.29, 1.82) is 0 Å². The van der Waals surface area contributed by atoms with Crippen LogP contribution in [0, 0.1) is 12.8 Å². The van der Waals surface area contributed by atoms with E-state index in [2.05, 4.69) is 6.92 Å². The van der Waals surface area contributed by atoms with Gasteiger partial charge in [0.15, 0.2) is 0 Å². The van der Waals surface area contributed by atoms with Crippen molar-refractivity contribution in [2.75, 3.05) is 13.1 Å². The zero-order valence-electron chi connectivity index (χ0n) is 10.7. The molecule has 100 valence electrons. The standard InChI is InChI=1S/C13H18ClNO2S/c1-10-5-7-15(8-6-10)18(16,17)12-3-4-13(14)11(2)9-12/h3-4,9-10H,5-8H2,1-2H3. The maximum absolute atomic E-state index is 12.4. The number of sulfonamides is 1. The van der Waals surface area contributed by atoms with E-state index >= 15 is 0 Å². The fourth-order valence-corrected chi connectivity index (χ4v) is 3.82. The van der Waals surface area contributed by atoms with E-state index in [0.29, 0.717) is 28.9 Å². The summed E-state index contributed by atoms with van der Waals surface area (Å²) in [6.07, 6.45) is 1.87. The molecule has 0 atom stereocenters. The third-order valence-corrected chi connectivity index (χ3v) is 5.83. The summed E-state index contributed by atoms with van der Waals surface area (Å²) in [5.41, 5.74) is 0.795. The molecule has 0 N–H and O–H groups in total. The van der Waals surface area contributed by atoms with Gasteiger partial charge >= 0.3 is 0 Å². The van der Waals surface area contributed by atoms with Crippen molar-refractivity contribution in [3.63, 3.8) is 0 Å². The summed E-state index contributed by atoms with van der Waals surface area (Å²) in [6, 6.07) is 4.88. The lowest BCUT2D eigenvalue weighted by atomic mass is 10.0. The van der Waals surface area contributed by atoms with E-state index in [1.54, 1.807) is 22.5 Å². The van der Waals surface area contributed by atoms with Gasteiger partial charge in [-0.05, 0) is 49.4 Å². The lowest BCUT2D eigenvalue weighted by Crippen LogP contribution is -2.37. The molecule has 0 saturated carbocycles. The highest BCUT2D eigenvalue weighted by Gasteiger charge is 2.28. The third kappa shape index (κ3) is 2.71. The number of rotatable bonds is 2. The van der Waals surface area contributed by atoms with Gasteiger partial charge in [-0.1, -0.05) is 18.5 Å². The van der Waals surface area contributed by atoms with E-state index in [0.717, 1.165) is 18.4 Å². The molecule has 1 aliphatic rings. The number of hydrogen-bond donors (Lipinski definition) is 0. The summed E-state index contributed by atoms with van der Waals surface area (Å²) in [5, 5.41) is 0.598. The quantitative estimate of drug-likeness (QED) is 0.838. The minimum absolute atomic E-state index is 0.346. The normalized spacial score (nSPS) is 19.1. The van der Waals surface area contributed by atoms with Crippen molar-refractivity contribution in [3.05, 3.63) is 28.8 Å². The molecule has 1 aliphatic heterocycles. The van der Waals surface area contributed by atoms with Crippen LogP contribution in [0.5, 0.6) is 0 Å². The second-order valence-corrected chi connectivity index (χ2v) is 7.34. The van der Waals surface area contributed by atoms with Gasteiger partial charge in [-0.2, -0.15) is 4.31 Å². The molecule has 1 heterocycles. The van der Waals surface area contributed by atoms with E-state index in [4.69, 9.17) is 11.6 Å². The number of nitrogens with zero attached hydrogens (tertiary/aromatic N) is 1. The number of halogens is 1. The Morgan fingerprint density at radius 3 is 2.44 bits per heavy atom. The third-order valence-electron chi connectivity index (χ3n) is 3.51. The van der Waals surface area contributed by atoms with Crippen molar-refractivity contribution < 1.29 is 8.42 Å². The van der Waals surface area contributed by atoms with Crippen LogP contribution in [0.2, 0.25) is 5.02 Å². The Morgan fingerprint density at radius 1 is 1.28 bits per heavy atom. The molecule has 5 heteroatoms. The zero-order chi connectivity index (χ0) is 13.3. The molecule has 0 radical (unpaired) electrons. The first-order chi connectivity index (χ1) is 8.41. The van der Waals surface area contributed by atoms with Crippen molar-refractivity contribution in [2.45, 2.75) is 31.6 Å². The Labute approximate surface area is 114 Å². The van der Waals surface area contributed by atoms with Crippen LogP contribution in [0.3, 0.4) is 0 Å². The van der Waals surface area contributed by atoms with Crippen LogP contribution in [0.15, 0.2) is 23.1 Å². The molecule has 0 spiro atoms. The lowest BCUT2D eigenvalue weighted by Gasteiger charge is -2.29. The first-order valence-corrected chi connectivity index (χ1v) is 7.99. The summed E-state index contributed by atoms with van der Waals surface area (Å²) in [5.74, 6) is 0.614. The van der Waals surface area contributed by atoms with Crippen LogP contribution in [-0.2, 0) is 10.0 Å². The summed E-state index contributed by atoms with van der Waals surface area (Å²) in [7, 11) is -3.35. The van der Waals surface area contributed by atoms with Crippen LogP contribution in [-0.4, -0.2) is 25.8 Å². The first kappa shape index (κ1) is 13.8. The van der Waals surface area contributed by atoms with Gasteiger partial charge in [0.2, 0.25) is 10.0 Å². The molecule has 1 fully saturated rings. The van der Waals surface area contributed by atoms with Crippen LogP contribution in [0.25, 0.3) is 0 Å². The van der Waals surface area contributed by atoms with Gasteiger partial charge in [0, 0.05) is 18.1 Å². The Morgan fingerprint density at radius 2 is 1.89 bits per heavy atom. The van der Waals surface area contributed by atoms with Gasteiger partial charge in [-0.3, -0.25) is 0 Å². The minimum atomic E-state index is -3.35. The van der Waals surface area contributed by atoms with E-state index < -0.39 is 10.0 Å². The highest BCUT2D eigenvalue weighted by molar-refractivity contribution is 7.89. The fourth-order valence-electron chi connectivity index (χ4n) is 2.15. The highest BCUT2D eigenvalue weighted by Crippen LogP contribution is 2.25. The van der Waals surface area contributed by atoms with Gasteiger partial charge in [-0.15, -0.1) is 0 Å². The molecule has 1 aromatic rings. The highest BCUT2D eigenvalue weighted by atomic mass is 35.5. The van der Waals surface area contributed by atoms with Crippen LogP contribution in [0.1, 0.15) is 25.3 Å². The maximum atomic E-state index is 12.4. The molecule has 0 bridgehead atoms. The number of piperidine rings is 1. The number of benzene rings is 1. The first-order valence-electron chi connectivity index (χ1n) is 6.17. The number of aryl methyl sites for hydroxylation is 1. The summed E-state index contributed by atoms with van der Waals surface area (Å²) in [6.45, 7) is 5.21. The molecule has 18 heavy (non-hydrogen) atoms. The van der Waals surface area contributed by atoms with E-state index in [-0.39, 0.29) is 0 Å². The zero-order valence-corrected chi connectivity index (χ0v) is 12.3. The predicted octanol–water partition coefficient (Wildman–Crippen LogP) is 3.07. The maximum Gasteiger partial charge on any atom is 0.243 e. The topological polar surface area (TPSA) is 37.4 Å². The van der Waals surface area contributed by atoms with Crippen molar-refractivity contribution in [2.24, 2.45) is 5.92 Å². The largest absolute Gasteiger partial charge is 0.243 e. The molecule has 1 aromatic carbocycles. The average molecular weight is 288 g/mol. The van der Waals surface area contributed by atoms with Crippen LogP contribution < -0.4 is 0 Å². The van der Waals surface area contributed by atoms with E-state index in [1.165, 1.54) is 0 Å². The number of hydrogen-bond acceptors (Lipinski definition) is 2. The van der Waals surface area contributed by atoms with Crippen LogP contribution >= 0.6 is 11.6 Å². The summed E-state index contributed by atoms with van der Waals surface area (Å²) < 4.78 is 26.5. The molecule has 0 amide bonds. The molecule has 3 nitrogen and oxygen atoms in total. The second kappa shape index (κ2) is 5.19. The molecule has 0 unspecified atom stereocenters. The average Bonchev–Trinajstić information content (AvgIpc) is 2.33. The SMILES string of the molecule is Cc1cc(S(=O)(=O)N2CCC(C)CC2)ccc1Cl. The second-order valence-electron chi connectivity index (χ2n) is 5.00. The molecule has 0 aromatic heterocycles. The molecular formula is C13H18ClNO2S. The molecule has 1 saturated heterocycles. The smallest absolute Gasteiger partial charge is 0.207 e. The van der Waals surface area contributed by atoms with Gasteiger partial charge < -0.3 is 0 Å². The van der Waals surface area contributed by atoms with Gasteiger partial charge in [0.25, 0.3) is 0 Å². The molecule has 0 aliphatic carbocycles. The fraction of sp³-hybridized carbons (Fsp3) is 0.538. The predicted molar refractivity (Wildman–Crippen MR) is 73.3 cm³/mol. The Balaban J connectivity index is 2.27. The van der Waals surface area contributed by atoms with Gasteiger partial charge in [0.1, 0.15) is 0 Å². The lowest BCUT2D eigenvalue weighted by molar-refractivity contribution is 0.288. The van der Waals surface area contributed by atoms with E-state index in [1.807, 2.05) is 6.92 Å². The van der Waals surface area contributed by atoms with Crippen LogP contribution in [0.4, 0.5) is 0 Å². The molecular weight excluding hydrogens is 270 g/mol. The van der Waals surface area contributed by atoms with Gasteiger partial charge in [0.05, 0.1) is 4.90 Å². The van der Waals surface area contributed by atoms with Gasteiger partial charge in [-0.25, -0.2) is 8.42 Å². The van der Waals surface area contributed by atoms with Crippen molar-refractivity contribution in [1.82, 2.24) is 4.31 Å². The molecule has 2 rings (SSSR count). The summed E-state index contributed by atoms with van der Waals surface area (Å²) >= 11 is 5.93.